The molecule has 7 nitrogen and oxygen atoms in total. The van der Waals surface area contributed by atoms with E-state index in [0.29, 0.717) is 11.4 Å². The molecule has 5 N–H and O–H groups in total. The third-order valence-electron chi connectivity index (χ3n) is 2.54. The molecule has 0 saturated heterocycles. The summed E-state index contributed by atoms with van der Waals surface area (Å²) in [5.74, 6) is 4.13. The van der Waals surface area contributed by atoms with Gasteiger partial charge >= 0.3 is 5.97 Å². The molecular weight excluding hydrogens is 248 g/mol. The second kappa shape index (κ2) is 5.40. The Morgan fingerprint density at radius 1 is 1.32 bits per heavy atom. The van der Waals surface area contributed by atoms with Crippen molar-refractivity contribution in [3.05, 3.63) is 35.7 Å². The average Bonchev–Trinajstić information content (AvgIpc) is 2.54. The van der Waals surface area contributed by atoms with Crippen molar-refractivity contribution in [2.45, 2.75) is 6.92 Å². The molecule has 0 saturated carbocycles. The Labute approximate surface area is 109 Å². The lowest BCUT2D eigenvalue weighted by molar-refractivity contribution is -0.139. The summed E-state index contributed by atoms with van der Waals surface area (Å²) >= 11 is 0. The first-order valence-corrected chi connectivity index (χ1v) is 5.72. The third-order valence-corrected chi connectivity index (χ3v) is 2.54. The van der Waals surface area contributed by atoms with Gasteiger partial charge < -0.3 is 20.8 Å². The summed E-state index contributed by atoms with van der Waals surface area (Å²) in [6.45, 7) is 1.82. The summed E-state index contributed by atoms with van der Waals surface area (Å²) in [4.78, 5) is 23.9. The van der Waals surface area contributed by atoms with Crippen LogP contribution in [0.2, 0.25) is 0 Å². The summed E-state index contributed by atoms with van der Waals surface area (Å²) in [5, 5.41) is 5.51. The van der Waals surface area contributed by atoms with Crippen LogP contribution >= 0.6 is 0 Å². The van der Waals surface area contributed by atoms with E-state index in [2.05, 4.69) is 16.1 Å². The second-order valence-corrected chi connectivity index (χ2v) is 3.74. The van der Waals surface area contributed by atoms with Gasteiger partial charge in [0.2, 0.25) is 0 Å². The highest BCUT2D eigenvalue weighted by molar-refractivity contribution is 6.23. The van der Waals surface area contributed by atoms with E-state index in [1.54, 1.807) is 31.2 Å². The van der Waals surface area contributed by atoms with Crippen LogP contribution in [0.1, 0.15) is 6.92 Å². The molecule has 2 rings (SSSR count). The number of ether oxygens (including phenoxy) is 1. The molecule has 1 heterocycles. The number of fused-ring (bicyclic) bond motifs is 1. The monoisotopic (exact) mass is 262 g/mol. The molecule has 1 aromatic carbocycles. The highest BCUT2D eigenvalue weighted by atomic mass is 16.5. The Kier molecular flexibility index (Phi) is 3.67. The van der Waals surface area contributed by atoms with Crippen LogP contribution in [0, 0.1) is 0 Å². The van der Waals surface area contributed by atoms with Crippen LogP contribution in [0.3, 0.4) is 0 Å². The number of hydrogen-bond donors (Lipinski definition) is 4. The predicted molar refractivity (Wildman–Crippen MR) is 69.7 cm³/mol. The lowest BCUT2D eigenvalue weighted by Gasteiger charge is -2.11. The molecule has 0 bridgehead atoms. The Morgan fingerprint density at radius 2 is 1.95 bits per heavy atom. The number of carbonyl (C=O) groups is 2. The second-order valence-electron chi connectivity index (χ2n) is 3.74. The number of benzene rings is 1. The maximum Gasteiger partial charge on any atom is 0.347 e. The van der Waals surface area contributed by atoms with Gasteiger partial charge in [-0.3, -0.25) is 4.79 Å². The number of para-hydroxylation sites is 2. The Morgan fingerprint density at radius 3 is 2.53 bits per heavy atom. The van der Waals surface area contributed by atoms with Gasteiger partial charge in [0, 0.05) is 0 Å². The zero-order valence-electron chi connectivity index (χ0n) is 10.3. The number of nitrogens with one attached hydrogen (secondary N) is 3. The molecule has 0 fully saturated rings. The van der Waals surface area contributed by atoms with Crippen LogP contribution in [0.5, 0.6) is 0 Å². The molecule has 7 heteroatoms. The van der Waals surface area contributed by atoms with Gasteiger partial charge in [-0.15, -0.1) is 0 Å². The molecule has 0 spiro atoms. The summed E-state index contributed by atoms with van der Waals surface area (Å²) in [5.41, 5.74) is 3.30. The molecule has 1 aliphatic heterocycles. The molecule has 19 heavy (non-hydrogen) atoms. The van der Waals surface area contributed by atoms with Crippen LogP contribution in [-0.4, -0.2) is 18.5 Å². The summed E-state index contributed by atoms with van der Waals surface area (Å²) < 4.78 is 4.85. The van der Waals surface area contributed by atoms with Crippen molar-refractivity contribution in [2.75, 3.05) is 17.2 Å². The zero-order chi connectivity index (χ0) is 13.8. The minimum absolute atomic E-state index is 0.0981. The third kappa shape index (κ3) is 2.50. The normalized spacial score (nSPS) is 13.9. The quantitative estimate of drug-likeness (QED) is 0.270. The molecule has 0 atom stereocenters. The number of amides is 1. The van der Waals surface area contributed by atoms with Crippen LogP contribution < -0.4 is 21.9 Å². The van der Waals surface area contributed by atoms with Gasteiger partial charge in [0.15, 0.2) is 5.57 Å². The van der Waals surface area contributed by atoms with Crippen molar-refractivity contribution in [3.63, 3.8) is 0 Å². The summed E-state index contributed by atoms with van der Waals surface area (Å²) in [7, 11) is 0. The molecule has 1 amide bonds. The van der Waals surface area contributed by atoms with E-state index < -0.39 is 11.9 Å². The molecule has 0 radical (unpaired) electrons. The van der Waals surface area contributed by atoms with Crippen molar-refractivity contribution >= 4 is 23.3 Å². The lowest BCUT2D eigenvalue weighted by atomic mass is 10.2. The highest BCUT2D eigenvalue weighted by Gasteiger charge is 2.28. The van der Waals surface area contributed by atoms with Crippen molar-refractivity contribution in [2.24, 2.45) is 5.84 Å². The lowest BCUT2D eigenvalue weighted by Crippen LogP contribution is -2.32. The van der Waals surface area contributed by atoms with Gasteiger partial charge in [-0.1, -0.05) is 12.1 Å². The SMILES string of the molecule is CCOC(=O)C1=C(NN)Nc2ccccc2NC1=O. The fraction of sp³-hybridized carbons (Fsp3) is 0.167. The first-order valence-electron chi connectivity index (χ1n) is 5.72. The maximum atomic E-state index is 12.1. The number of carbonyl (C=O) groups excluding carboxylic acids is 2. The van der Waals surface area contributed by atoms with E-state index in [1.807, 2.05) is 0 Å². The molecule has 0 aromatic heterocycles. The first-order chi connectivity index (χ1) is 9.17. The van der Waals surface area contributed by atoms with Crippen molar-refractivity contribution in [1.82, 2.24) is 5.43 Å². The molecule has 1 aliphatic rings. The number of nitrogens with two attached hydrogens (primary N) is 1. The average molecular weight is 262 g/mol. The number of rotatable bonds is 3. The molecular formula is C12H14N4O3. The van der Waals surface area contributed by atoms with Gasteiger partial charge in [-0.2, -0.15) is 0 Å². The maximum absolute atomic E-state index is 12.1. The number of hydrazine groups is 1. The standard InChI is InChI=1S/C12H14N4O3/c1-2-19-12(18)9-10(16-13)14-7-5-3-4-6-8(7)15-11(9)17/h3-6,14,16H,2,13H2,1H3,(H,15,17). The number of hydrogen-bond acceptors (Lipinski definition) is 6. The van der Waals surface area contributed by atoms with Crippen LogP contribution in [0.4, 0.5) is 11.4 Å². The number of anilines is 2. The Bertz CT molecular complexity index is 554. The van der Waals surface area contributed by atoms with Gasteiger partial charge in [0.25, 0.3) is 5.91 Å². The molecule has 0 unspecified atom stereocenters. The number of esters is 1. The van der Waals surface area contributed by atoms with Crippen molar-refractivity contribution < 1.29 is 14.3 Å². The van der Waals surface area contributed by atoms with Gasteiger partial charge in [0.1, 0.15) is 5.82 Å². The smallest absolute Gasteiger partial charge is 0.347 e. The Hall–Kier alpha value is -2.54. The van der Waals surface area contributed by atoms with Crippen molar-refractivity contribution in [1.29, 1.82) is 0 Å². The van der Waals surface area contributed by atoms with E-state index in [1.165, 1.54) is 0 Å². The fourth-order valence-corrected chi connectivity index (χ4v) is 1.70. The highest BCUT2D eigenvalue weighted by Crippen LogP contribution is 2.26. The minimum Gasteiger partial charge on any atom is -0.462 e. The van der Waals surface area contributed by atoms with E-state index >= 15 is 0 Å². The molecule has 0 aliphatic carbocycles. The van der Waals surface area contributed by atoms with Crippen LogP contribution in [0.25, 0.3) is 0 Å². The van der Waals surface area contributed by atoms with Crippen LogP contribution in [0.15, 0.2) is 35.7 Å². The van der Waals surface area contributed by atoms with E-state index in [9.17, 15) is 9.59 Å². The van der Waals surface area contributed by atoms with E-state index in [-0.39, 0.29) is 18.0 Å². The molecule has 1 aromatic rings. The van der Waals surface area contributed by atoms with Gasteiger partial charge in [0.05, 0.1) is 18.0 Å². The Balaban J connectivity index is 2.44. The van der Waals surface area contributed by atoms with E-state index in [0.717, 1.165) is 0 Å². The minimum atomic E-state index is -0.742. The predicted octanol–water partition coefficient (Wildman–Crippen LogP) is 0.289. The summed E-state index contributed by atoms with van der Waals surface area (Å²) in [6, 6.07) is 7.02. The van der Waals surface area contributed by atoms with Gasteiger partial charge in [-0.25, -0.2) is 10.6 Å². The van der Waals surface area contributed by atoms with Crippen molar-refractivity contribution in [3.8, 4) is 0 Å². The van der Waals surface area contributed by atoms with Gasteiger partial charge in [-0.05, 0) is 19.1 Å². The first kappa shape index (κ1) is 12.9. The fourth-order valence-electron chi connectivity index (χ4n) is 1.70. The topological polar surface area (TPSA) is 105 Å². The summed E-state index contributed by atoms with van der Waals surface area (Å²) in [6.07, 6.45) is 0. The molecule has 100 valence electrons. The zero-order valence-corrected chi connectivity index (χ0v) is 10.3. The largest absolute Gasteiger partial charge is 0.462 e. The van der Waals surface area contributed by atoms with Crippen LogP contribution in [-0.2, 0) is 14.3 Å². The van der Waals surface area contributed by atoms with E-state index in [4.69, 9.17) is 10.6 Å².